The summed E-state index contributed by atoms with van der Waals surface area (Å²) in [7, 11) is 0. The summed E-state index contributed by atoms with van der Waals surface area (Å²) in [4.78, 5) is 20.6. The minimum Gasteiger partial charge on any atom is -0.369 e. The van der Waals surface area contributed by atoms with Crippen LogP contribution in [0.1, 0.15) is 43.4 Å². The Bertz CT molecular complexity index is 730. The zero-order valence-corrected chi connectivity index (χ0v) is 13.3. The number of likely N-dealkylation sites (tertiary alicyclic amines) is 1. The van der Waals surface area contributed by atoms with Crippen LogP contribution < -0.4 is 0 Å². The molecule has 0 atom stereocenters. The fourth-order valence-corrected chi connectivity index (χ4v) is 2.68. The minimum absolute atomic E-state index is 0.00830. The van der Waals surface area contributed by atoms with Crippen molar-refractivity contribution in [3.8, 4) is 0 Å². The van der Waals surface area contributed by atoms with E-state index in [0.29, 0.717) is 24.2 Å². The molecule has 0 radical (unpaired) electrons. The summed E-state index contributed by atoms with van der Waals surface area (Å²) in [5.41, 5.74) is 0.802. The Morgan fingerprint density at radius 2 is 2.09 bits per heavy atom. The number of hydrogen-bond donors (Lipinski definition) is 1. The number of hydrogen-bond acceptors (Lipinski definition) is 3. The number of para-hydroxylation sites is 1. The van der Waals surface area contributed by atoms with Crippen molar-refractivity contribution in [1.29, 1.82) is 0 Å². The monoisotopic (exact) mass is 323 g/mol. The van der Waals surface area contributed by atoms with Gasteiger partial charge in [-0.2, -0.15) is 0 Å². The SMILES string of the molecule is CC(C)(C)OC1CN(C(=O)c2cccc3[nH]c(C(F)F)nc23)C1. The van der Waals surface area contributed by atoms with Crippen LogP contribution in [0.2, 0.25) is 0 Å². The third-order valence-corrected chi connectivity index (χ3v) is 3.62. The summed E-state index contributed by atoms with van der Waals surface area (Å²) in [5, 5.41) is 0. The summed E-state index contributed by atoms with van der Waals surface area (Å²) in [6.07, 6.45) is -2.69. The van der Waals surface area contributed by atoms with Crippen LogP contribution >= 0.6 is 0 Å². The van der Waals surface area contributed by atoms with Gasteiger partial charge in [0.05, 0.1) is 22.8 Å². The highest BCUT2D eigenvalue weighted by Gasteiger charge is 2.35. The van der Waals surface area contributed by atoms with E-state index in [-0.39, 0.29) is 23.1 Å². The third kappa shape index (κ3) is 3.19. The number of carbonyl (C=O) groups excluding carboxylic acids is 1. The molecule has 0 aliphatic carbocycles. The Morgan fingerprint density at radius 1 is 1.39 bits per heavy atom. The van der Waals surface area contributed by atoms with Crippen molar-refractivity contribution in [3.63, 3.8) is 0 Å². The maximum Gasteiger partial charge on any atom is 0.295 e. The van der Waals surface area contributed by atoms with E-state index < -0.39 is 12.2 Å². The highest BCUT2D eigenvalue weighted by Crippen LogP contribution is 2.26. The summed E-state index contributed by atoms with van der Waals surface area (Å²) in [6.45, 7) is 6.90. The van der Waals surface area contributed by atoms with Crippen LogP contribution in [0.5, 0.6) is 0 Å². The van der Waals surface area contributed by atoms with Gasteiger partial charge in [0.15, 0.2) is 5.82 Å². The lowest BCUT2D eigenvalue weighted by atomic mass is 10.1. The molecule has 1 N–H and O–H groups in total. The molecule has 1 saturated heterocycles. The number of amides is 1. The van der Waals surface area contributed by atoms with E-state index in [9.17, 15) is 13.6 Å². The van der Waals surface area contributed by atoms with Crippen LogP contribution in [0, 0.1) is 0 Å². The Labute approximate surface area is 132 Å². The Morgan fingerprint density at radius 3 is 2.70 bits per heavy atom. The number of fused-ring (bicyclic) bond motifs is 1. The lowest BCUT2D eigenvalue weighted by molar-refractivity contribution is -0.113. The second kappa shape index (κ2) is 5.56. The van der Waals surface area contributed by atoms with Gasteiger partial charge in [-0.15, -0.1) is 0 Å². The highest BCUT2D eigenvalue weighted by molar-refractivity contribution is 6.05. The van der Waals surface area contributed by atoms with E-state index in [0.717, 1.165) is 0 Å². The molecule has 23 heavy (non-hydrogen) atoms. The Hall–Kier alpha value is -2.02. The van der Waals surface area contributed by atoms with Gasteiger partial charge in [0.1, 0.15) is 5.52 Å². The fraction of sp³-hybridized carbons (Fsp3) is 0.500. The molecule has 1 aromatic carbocycles. The van der Waals surface area contributed by atoms with Crippen LogP contribution in [-0.4, -0.2) is 45.6 Å². The maximum absolute atomic E-state index is 12.8. The van der Waals surface area contributed by atoms with Crippen molar-refractivity contribution in [2.24, 2.45) is 0 Å². The number of imidazole rings is 1. The molecule has 3 rings (SSSR count). The zero-order chi connectivity index (χ0) is 16.8. The number of alkyl halides is 2. The molecule has 2 heterocycles. The molecule has 5 nitrogen and oxygen atoms in total. The predicted molar refractivity (Wildman–Crippen MR) is 81.6 cm³/mol. The molecule has 124 valence electrons. The molecule has 1 aliphatic rings. The highest BCUT2D eigenvalue weighted by atomic mass is 19.3. The Balaban J connectivity index is 1.77. The number of rotatable bonds is 3. The molecule has 0 bridgehead atoms. The second-order valence-corrected chi connectivity index (χ2v) is 6.69. The first-order valence-electron chi connectivity index (χ1n) is 7.48. The van der Waals surface area contributed by atoms with Crippen molar-refractivity contribution < 1.29 is 18.3 Å². The van der Waals surface area contributed by atoms with Crippen LogP contribution in [0.25, 0.3) is 11.0 Å². The first-order chi connectivity index (χ1) is 10.7. The van der Waals surface area contributed by atoms with Gasteiger partial charge in [0.2, 0.25) is 0 Å². The number of halogens is 2. The van der Waals surface area contributed by atoms with Crippen LogP contribution in [0.3, 0.4) is 0 Å². The number of carbonyl (C=O) groups is 1. The number of aromatic nitrogens is 2. The van der Waals surface area contributed by atoms with E-state index in [1.54, 1.807) is 23.1 Å². The standard InChI is InChI=1S/C16H19F2N3O2/c1-16(2,3)23-9-7-21(8-9)15(22)10-5-4-6-11-12(10)20-14(19-11)13(17)18/h4-6,9,13H,7-8H2,1-3H3,(H,19,20). The third-order valence-electron chi connectivity index (χ3n) is 3.62. The molecule has 0 saturated carbocycles. The zero-order valence-electron chi connectivity index (χ0n) is 13.3. The number of H-pyrrole nitrogens is 1. The predicted octanol–water partition coefficient (Wildman–Crippen LogP) is 3.14. The summed E-state index contributed by atoms with van der Waals surface area (Å²) in [6, 6.07) is 4.90. The lowest BCUT2D eigenvalue weighted by Crippen LogP contribution is -2.56. The van der Waals surface area contributed by atoms with Gasteiger partial charge in [0, 0.05) is 13.1 Å². The fourth-order valence-electron chi connectivity index (χ4n) is 2.68. The topological polar surface area (TPSA) is 58.2 Å². The molecule has 2 aromatic rings. The van der Waals surface area contributed by atoms with Crippen molar-refractivity contribution in [2.45, 2.75) is 38.9 Å². The average Bonchev–Trinajstić information content (AvgIpc) is 2.84. The molecule has 7 heteroatoms. The largest absolute Gasteiger partial charge is 0.369 e. The summed E-state index contributed by atoms with van der Waals surface area (Å²) < 4.78 is 31.4. The van der Waals surface area contributed by atoms with E-state index >= 15 is 0 Å². The van der Waals surface area contributed by atoms with E-state index in [4.69, 9.17) is 4.74 Å². The molecular formula is C16H19F2N3O2. The van der Waals surface area contributed by atoms with Gasteiger partial charge in [0.25, 0.3) is 12.3 Å². The van der Waals surface area contributed by atoms with Crippen molar-refractivity contribution in [3.05, 3.63) is 29.6 Å². The van der Waals surface area contributed by atoms with Gasteiger partial charge < -0.3 is 14.6 Å². The van der Waals surface area contributed by atoms with Gasteiger partial charge in [-0.25, -0.2) is 13.8 Å². The molecule has 1 aliphatic heterocycles. The van der Waals surface area contributed by atoms with Crippen molar-refractivity contribution in [1.82, 2.24) is 14.9 Å². The van der Waals surface area contributed by atoms with Gasteiger partial charge in [-0.1, -0.05) is 6.07 Å². The molecule has 1 amide bonds. The normalized spacial score (nSPS) is 16.2. The molecular weight excluding hydrogens is 304 g/mol. The quantitative estimate of drug-likeness (QED) is 0.944. The first-order valence-corrected chi connectivity index (χ1v) is 7.48. The minimum atomic E-state index is -2.70. The molecule has 0 spiro atoms. The summed E-state index contributed by atoms with van der Waals surface area (Å²) >= 11 is 0. The van der Waals surface area contributed by atoms with Crippen molar-refractivity contribution >= 4 is 16.9 Å². The van der Waals surface area contributed by atoms with Gasteiger partial charge in [-0.05, 0) is 32.9 Å². The first kappa shape index (κ1) is 15.9. The summed E-state index contributed by atoms with van der Waals surface area (Å²) in [5.74, 6) is -0.630. The van der Waals surface area contributed by atoms with Crippen molar-refractivity contribution in [2.75, 3.05) is 13.1 Å². The maximum atomic E-state index is 12.8. The average molecular weight is 323 g/mol. The van der Waals surface area contributed by atoms with E-state index in [2.05, 4.69) is 9.97 Å². The van der Waals surface area contributed by atoms with Crippen LogP contribution in [0.4, 0.5) is 8.78 Å². The number of aromatic amines is 1. The van der Waals surface area contributed by atoms with E-state index in [1.165, 1.54) is 0 Å². The lowest BCUT2D eigenvalue weighted by Gasteiger charge is -2.42. The molecule has 0 unspecified atom stereocenters. The van der Waals surface area contributed by atoms with Gasteiger partial charge >= 0.3 is 0 Å². The van der Waals surface area contributed by atoms with Gasteiger partial charge in [-0.3, -0.25) is 4.79 Å². The number of benzene rings is 1. The van der Waals surface area contributed by atoms with Crippen LogP contribution in [-0.2, 0) is 4.74 Å². The number of nitrogens with zero attached hydrogens (tertiary/aromatic N) is 2. The molecule has 1 fully saturated rings. The number of ether oxygens (including phenoxy) is 1. The number of nitrogens with one attached hydrogen (secondary N) is 1. The van der Waals surface area contributed by atoms with E-state index in [1.807, 2.05) is 20.8 Å². The smallest absolute Gasteiger partial charge is 0.295 e. The second-order valence-electron chi connectivity index (χ2n) is 6.69. The van der Waals surface area contributed by atoms with Crippen LogP contribution in [0.15, 0.2) is 18.2 Å². The molecule has 1 aromatic heterocycles. The Kier molecular flexibility index (Phi) is 3.83.